The summed E-state index contributed by atoms with van der Waals surface area (Å²) in [5.41, 5.74) is 5.62. The molecule has 5 rings (SSSR count). The summed E-state index contributed by atoms with van der Waals surface area (Å²) >= 11 is 7.01. The maximum atomic E-state index is 12.9. The predicted molar refractivity (Wildman–Crippen MR) is 160 cm³/mol. The van der Waals surface area contributed by atoms with Gasteiger partial charge in [-0.2, -0.15) is 5.10 Å². The fourth-order valence-electron chi connectivity index (χ4n) is 5.12. The number of ether oxygens (including phenoxy) is 1. The van der Waals surface area contributed by atoms with E-state index in [1.54, 1.807) is 13.2 Å². The Morgan fingerprint density at radius 3 is 2.50 bits per heavy atom. The van der Waals surface area contributed by atoms with Gasteiger partial charge in [-0.3, -0.25) is 19.3 Å². The molecular formula is C31H30ClN5O5. The molecule has 4 aromatic rings. The number of nitrogens with one attached hydrogen (secondary N) is 1. The number of methoxy groups -OCH3 is 1. The van der Waals surface area contributed by atoms with E-state index in [4.69, 9.17) is 21.3 Å². The smallest absolute Gasteiger partial charge is 0.309 e. The number of benzene rings is 2. The predicted octanol–water partition coefficient (Wildman–Crippen LogP) is 4.56. The molecule has 216 valence electrons. The van der Waals surface area contributed by atoms with Gasteiger partial charge >= 0.3 is 5.97 Å². The van der Waals surface area contributed by atoms with Crippen molar-refractivity contribution < 1.29 is 19.4 Å². The maximum Gasteiger partial charge on any atom is 0.309 e. The van der Waals surface area contributed by atoms with Gasteiger partial charge in [-0.25, -0.2) is 9.67 Å². The Hall–Kier alpha value is -4.54. The van der Waals surface area contributed by atoms with Crippen molar-refractivity contribution in [3.8, 4) is 28.3 Å². The van der Waals surface area contributed by atoms with Gasteiger partial charge in [0.15, 0.2) is 0 Å². The average molecular weight is 588 g/mol. The Morgan fingerprint density at radius 1 is 1.10 bits per heavy atom. The number of rotatable bonds is 8. The summed E-state index contributed by atoms with van der Waals surface area (Å²) in [5.74, 6) is -1.18. The van der Waals surface area contributed by atoms with Crippen LogP contribution in [0.5, 0.6) is 5.88 Å². The van der Waals surface area contributed by atoms with Gasteiger partial charge in [0.05, 0.1) is 23.7 Å². The molecule has 11 heteroatoms. The number of aryl methyl sites for hydroxylation is 2. The zero-order valence-corrected chi connectivity index (χ0v) is 24.4. The number of aliphatic carboxylic acids is 1. The van der Waals surface area contributed by atoms with Crippen LogP contribution >= 0.6 is 11.6 Å². The summed E-state index contributed by atoms with van der Waals surface area (Å²) in [6.07, 6.45) is 1.40. The summed E-state index contributed by atoms with van der Waals surface area (Å²) in [5, 5.41) is 16.4. The summed E-state index contributed by atoms with van der Waals surface area (Å²) < 4.78 is 6.76. The van der Waals surface area contributed by atoms with Crippen LogP contribution in [0.1, 0.15) is 27.0 Å². The highest BCUT2D eigenvalue weighted by Crippen LogP contribution is 2.40. The Kier molecular flexibility index (Phi) is 8.11. The van der Waals surface area contributed by atoms with Crippen LogP contribution in [-0.2, 0) is 18.4 Å². The fraction of sp³-hybridized carbons (Fsp3) is 0.258. The summed E-state index contributed by atoms with van der Waals surface area (Å²) in [6.45, 7) is 5.38. The molecule has 0 spiro atoms. The number of carbonyl (C=O) groups excluding carboxylic acids is 1. The van der Waals surface area contributed by atoms with E-state index in [9.17, 15) is 19.5 Å². The van der Waals surface area contributed by atoms with E-state index in [1.165, 1.54) is 19.3 Å². The zero-order chi connectivity index (χ0) is 30.1. The third kappa shape index (κ3) is 5.50. The fourth-order valence-corrected chi connectivity index (χ4v) is 5.44. The molecule has 2 aromatic carbocycles. The monoisotopic (exact) mass is 587 g/mol. The van der Waals surface area contributed by atoms with Crippen LogP contribution in [0.15, 0.2) is 59.5 Å². The van der Waals surface area contributed by atoms with Crippen molar-refractivity contribution in [3.05, 3.63) is 92.4 Å². The van der Waals surface area contributed by atoms with E-state index in [1.807, 2.05) is 50.2 Å². The number of carboxylic acids is 1. The van der Waals surface area contributed by atoms with E-state index in [2.05, 4.69) is 15.3 Å². The average Bonchev–Trinajstić information content (AvgIpc) is 2.93. The number of hydrogen-bond donors (Lipinski definition) is 2. The lowest BCUT2D eigenvalue weighted by atomic mass is 9.95. The number of nitrogens with zero attached hydrogens (tertiary/aromatic N) is 4. The number of carbonyl (C=O) groups is 2. The van der Waals surface area contributed by atoms with Crippen molar-refractivity contribution in [2.24, 2.45) is 13.0 Å². The number of halogens is 1. The highest BCUT2D eigenvalue weighted by Gasteiger charge is 2.33. The normalized spacial score (nSPS) is 13.5. The van der Waals surface area contributed by atoms with Crippen molar-refractivity contribution in [1.29, 1.82) is 0 Å². The molecule has 0 unspecified atom stereocenters. The van der Waals surface area contributed by atoms with Crippen LogP contribution in [0.2, 0.25) is 5.02 Å². The molecule has 0 atom stereocenters. The SMILES string of the molecule is COc1nc(-c2cccc(-c3cccc(NC(=O)c4ccnn(C)c4=O)c3C)c2Cl)cc(C)c1CN1CC(C(=O)O)C1. The molecule has 1 amide bonds. The topological polar surface area (TPSA) is 127 Å². The quantitative estimate of drug-likeness (QED) is 0.307. The first kappa shape index (κ1) is 29.0. The number of hydrogen-bond acceptors (Lipinski definition) is 7. The molecule has 2 N–H and O–H groups in total. The van der Waals surface area contributed by atoms with Crippen molar-refractivity contribution in [3.63, 3.8) is 0 Å². The Balaban J connectivity index is 1.45. The third-order valence-electron chi connectivity index (χ3n) is 7.59. The van der Waals surface area contributed by atoms with Gasteiger partial charge in [0.2, 0.25) is 5.88 Å². The van der Waals surface area contributed by atoms with Crippen LogP contribution in [0.3, 0.4) is 0 Å². The molecule has 42 heavy (non-hydrogen) atoms. The number of carboxylic acid groups (broad SMARTS) is 1. The molecule has 0 bridgehead atoms. The number of likely N-dealkylation sites (tertiary alicyclic amines) is 1. The minimum absolute atomic E-state index is 0.00742. The maximum absolute atomic E-state index is 12.9. The molecule has 1 aliphatic rings. The molecule has 0 aliphatic carbocycles. The standard InChI is InChI=1S/C31H30ClN5O5/c1-17-13-26(35-29(42-4)24(17)16-37-14-19(15-37)31(40)41)22-9-5-8-21(27(22)32)20-7-6-10-25(18(20)2)34-28(38)23-11-12-33-36(3)30(23)39/h5-13,19H,14-16H2,1-4H3,(H,34,38)(H,40,41). The summed E-state index contributed by atoms with van der Waals surface area (Å²) in [6, 6.07) is 14.5. The molecule has 1 saturated heterocycles. The number of aromatic nitrogens is 3. The lowest BCUT2D eigenvalue weighted by molar-refractivity contribution is -0.147. The van der Waals surface area contributed by atoms with Crippen molar-refractivity contribution in [2.45, 2.75) is 20.4 Å². The second-order valence-corrected chi connectivity index (χ2v) is 10.7. The van der Waals surface area contributed by atoms with Crippen LogP contribution in [-0.4, -0.2) is 56.8 Å². The molecule has 1 aliphatic heterocycles. The lowest BCUT2D eigenvalue weighted by Gasteiger charge is -2.37. The first-order valence-corrected chi connectivity index (χ1v) is 13.7. The Labute approximate surface area is 247 Å². The first-order valence-electron chi connectivity index (χ1n) is 13.3. The minimum atomic E-state index is -0.777. The molecule has 1 fully saturated rings. The largest absolute Gasteiger partial charge is 0.481 e. The molecule has 3 heterocycles. The van der Waals surface area contributed by atoms with Gasteiger partial charge in [0.1, 0.15) is 5.56 Å². The molecule has 0 radical (unpaired) electrons. The first-order chi connectivity index (χ1) is 20.1. The third-order valence-corrected chi connectivity index (χ3v) is 7.99. The van der Waals surface area contributed by atoms with Crippen molar-refractivity contribution in [2.75, 3.05) is 25.5 Å². The summed E-state index contributed by atoms with van der Waals surface area (Å²) in [7, 11) is 3.05. The Morgan fingerprint density at radius 2 is 1.79 bits per heavy atom. The molecular weight excluding hydrogens is 558 g/mol. The number of anilines is 1. The lowest BCUT2D eigenvalue weighted by Crippen LogP contribution is -2.49. The van der Waals surface area contributed by atoms with Gasteiger partial charge in [-0.15, -0.1) is 0 Å². The molecule has 10 nitrogen and oxygen atoms in total. The number of pyridine rings is 1. The van der Waals surface area contributed by atoms with E-state index in [-0.39, 0.29) is 11.5 Å². The van der Waals surface area contributed by atoms with Crippen LogP contribution < -0.4 is 15.6 Å². The van der Waals surface area contributed by atoms with Crippen molar-refractivity contribution >= 4 is 29.2 Å². The molecule has 0 saturated carbocycles. The minimum Gasteiger partial charge on any atom is -0.481 e. The van der Waals surface area contributed by atoms with E-state index >= 15 is 0 Å². The second kappa shape index (κ2) is 11.8. The Bertz CT molecular complexity index is 1760. The van der Waals surface area contributed by atoms with Gasteiger partial charge < -0.3 is 15.2 Å². The van der Waals surface area contributed by atoms with Gasteiger partial charge in [-0.1, -0.05) is 41.9 Å². The van der Waals surface area contributed by atoms with Crippen LogP contribution in [0.4, 0.5) is 5.69 Å². The van der Waals surface area contributed by atoms with Crippen LogP contribution in [0.25, 0.3) is 22.4 Å². The number of amides is 1. The van der Waals surface area contributed by atoms with Gasteiger partial charge in [0.25, 0.3) is 11.5 Å². The van der Waals surface area contributed by atoms with E-state index < -0.39 is 17.4 Å². The summed E-state index contributed by atoms with van der Waals surface area (Å²) in [4.78, 5) is 43.3. The highest BCUT2D eigenvalue weighted by atomic mass is 35.5. The van der Waals surface area contributed by atoms with E-state index in [0.717, 1.165) is 32.5 Å². The van der Waals surface area contributed by atoms with E-state index in [0.29, 0.717) is 47.5 Å². The highest BCUT2D eigenvalue weighted by molar-refractivity contribution is 6.36. The molecule has 2 aromatic heterocycles. The van der Waals surface area contributed by atoms with Gasteiger partial charge in [-0.05, 0) is 48.7 Å². The second-order valence-electron chi connectivity index (χ2n) is 10.3. The van der Waals surface area contributed by atoms with Crippen LogP contribution in [0, 0.1) is 19.8 Å². The zero-order valence-electron chi connectivity index (χ0n) is 23.6. The van der Waals surface area contributed by atoms with Gasteiger partial charge in [0, 0.05) is 55.3 Å². The van der Waals surface area contributed by atoms with Crippen molar-refractivity contribution in [1.82, 2.24) is 19.7 Å².